The van der Waals surface area contributed by atoms with E-state index in [2.05, 4.69) is 5.32 Å². The summed E-state index contributed by atoms with van der Waals surface area (Å²) in [7, 11) is 0. The lowest BCUT2D eigenvalue weighted by Gasteiger charge is -2.32. The van der Waals surface area contributed by atoms with Gasteiger partial charge in [0.15, 0.2) is 0 Å². The van der Waals surface area contributed by atoms with Crippen LogP contribution in [0.4, 0.5) is 4.39 Å². The maximum atomic E-state index is 13.3. The topological polar surface area (TPSA) is 32.3 Å². The molecule has 2 rings (SSSR count). The summed E-state index contributed by atoms with van der Waals surface area (Å²) in [4.78, 5) is 14.1. The quantitative estimate of drug-likeness (QED) is 0.849. The molecule has 18 heavy (non-hydrogen) atoms. The Morgan fingerprint density at radius 2 is 2.28 bits per heavy atom. The van der Waals surface area contributed by atoms with Crippen molar-refractivity contribution in [2.24, 2.45) is 0 Å². The Morgan fingerprint density at radius 3 is 2.94 bits per heavy atom. The van der Waals surface area contributed by atoms with Gasteiger partial charge in [0.05, 0.1) is 10.6 Å². The van der Waals surface area contributed by atoms with Crippen LogP contribution in [-0.2, 0) is 0 Å². The molecule has 1 N–H and O–H groups in total. The van der Waals surface area contributed by atoms with Crippen molar-refractivity contribution in [1.82, 2.24) is 10.2 Å². The van der Waals surface area contributed by atoms with Gasteiger partial charge in [-0.1, -0.05) is 11.6 Å². The lowest BCUT2D eigenvalue weighted by molar-refractivity contribution is 0.0709. The first-order valence-corrected chi connectivity index (χ1v) is 6.35. The molecule has 1 aliphatic heterocycles. The Hall–Kier alpha value is -1.13. The van der Waals surface area contributed by atoms with Gasteiger partial charge in [-0.3, -0.25) is 4.79 Å². The maximum Gasteiger partial charge on any atom is 0.255 e. The van der Waals surface area contributed by atoms with Gasteiger partial charge in [-0.15, -0.1) is 0 Å². The minimum Gasteiger partial charge on any atom is -0.336 e. The van der Waals surface area contributed by atoms with Crippen LogP contribution in [0, 0.1) is 12.7 Å². The third-order valence-corrected chi connectivity index (χ3v) is 3.45. The molecule has 1 aromatic carbocycles. The van der Waals surface area contributed by atoms with Gasteiger partial charge in [-0.05, 0) is 31.5 Å². The van der Waals surface area contributed by atoms with Gasteiger partial charge in [0.25, 0.3) is 5.91 Å². The molecule has 1 aliphatic rings. The molecule has 0 aliphatic carbocycles. The van der Waals surface area contributed by atoms with E-state index in [4.69, 9.17) is 11.6 Å². The van der Waals surface area contributed by atoms with E-state index in [1.807, 2.05) is 6.92 Å². The average Bonchev–Trinajstić information content (AvgIpc) is 2.33. The lowest BCUT2D eigenvalue weighted by Crippen LogP contribution is -2.51. The third kappa shape index (κ3) is 2.65. The highest BCUT2D eigenvalue weighted by atomic mass is 35.5. The molecular weight excluding hydrogens is 255 g/mol. The first-order valence-electron chi connectivity index (χ1n) is 5.97. The normalized spacial score (nSPS) is 20.0. The third-order valence-electron chi connectivity index (χ3n) is 3.13. The van der Waals surface area contributed by atoms with E-state index in [-0.39, 0.29) is 22.8 Å². The van der Waals surface area contributed by atoms with Gasteiger partial charge >= 0.3 is 0 Å². The summed E-state index contributed by atoms with van der Waals surface area (Å²) < 4.78 is 13.3. The van der Waals surface area contributed by atoms with Crippen LogP contribution in [0.2, 0.25) is 5.02 Å². The number of aryl methyl sites for hydroxylation is 1. The van der Waals surface area contributed by atoms with Crippen molar-refractivity contribution in [3.8, 4) is 0 Å². The second-order valence-electron chi connectivity index (χ2n) is 4.69. The van der Waals surface area contributed by atoms with Gasteiger partial charge in [-0.2, -0.15) is 0 Å². The highest BCUT2D eigenvalue weighted by Crippen LogP contribution is 2.22. The van der Waals surface area contributed by atoms with Crippen molar-refractivity contribution in [2.45, 2.75) is 19.9 Å². The zero-order valence-corrected chi connectivity index (χ0v) is 11.2. The van der Waals surface area contributed by atoms with Crippen LogP contribution in [0.3, 0.4) is 0 Å². The largest absolute Gasteiger partial charge is 0.336 e. The molecule has 0 radical (unpaired) electrons. The number of rotatable bonds is 1. The predicted octanol–water partition coefficient (Wildman–Crippen LogP) is 2.22. The highest BCUT2D eigenvalue weighted by molar-refractivity contribution is 6.33. The number of hydrogen-bond donors (Lipinski definition) is 1. The van der Waals surface area contributed by atoms with Crippen LogP contribution in [0.25, 0.3) is 0 Å². The van der Waals surface area contributed by atoms with Crippen molar-refractivity contribution >= 4 is 17.5 Å². The van der Waals surface area contributed by atoms with Crippen LogP contribution in [0.15, 0.2) is 12.1 Å². The first-order chi connectivity index (χ1) is 8.49. The van der Waals surface area contributed by atoms with Crippen molar-refractivity contribution in [1.29, 1.82) is 0 Å². The van der Waals surface area contributed by atoms with Crippen molar-refractivity contribution in [3.63, 3.8) is 0 Å². The van der Waals surface area contributed by atoms with E-state index in [9.17, 15) is 9.18 Å². The van der Waals surface area contributed by atoms with Crippen LogP contribution >= 0.6 is 11.6 Å². The number of benzene rings is 1. The fourth-order valence-corrected chi connectivity index (χ4v) is 2.34. The fourth-order valence-electron chi connectivity index (χ4n) is 2.11. The Balaban J connectivity index is 2.25. The number of nitrogens with zero attached hydrogens (tertiary/aromatic N) is 1. The molecule has 0 aromatic heterocycles. The van der Waals surface area contributed by atoms with Gasteiger partial charge in [-0.25, -0.2) is 4.39 Å². The Morgan fingerprint density at radius 1 is 1.56 bits per heavy atom. The summed E-state index contributed by atoms with van der Waals surface area (Å²) in [6.07, 6.45) is 0. The molecule has 0 spiro atoms. The number of hydrogen-bond acceptors (Lipinski definition) is 2. The second kappa shape index (κ2) is 5.24. The SMILES string of the molecule is Cc1cc(C(=O)N2CCN[C@H](C)C2)c(Cl)cc1F. The number of halogens is 2. The molecule has 0 bridgehead atoms. The zero-order valence-electron chi connectivity index (χ0n) is 10.5. The van der Waals surface area contributed by atoms with E-state index in [1.165, 1.54) is 12.1 Å². The number of piperazine rings is 1. The molecule has 1 fully saturated rings. The van der Waals surface area contributed by atoms with Gasteiger partial charge in [0.2, 0.25) is 0 Å². The fraction of sp³-hybridized carbons (Fsp3) is 0.462. The molecular formula is C13H16ClFN2O. The molecule has 0 saturated carbocycles. The highest BCUT2D eigenvalue weighted by Gasteiger charge is 2.23. The van der Waals surface area contributed by atoms with Crippen LogP contribution in [-0.4, -0.2) is 36.5 Å². The van der Waals surface area contributed by atoms with Gasteiger partial charge in [0.1, 0.15) is 5.82 Å². The molecule has 0 unspecified atom stereocenters. The Bertz CT molecular complexity index is 478. The molecule has 98 valence electrons. The van der Waals surface area contributed by atoms with E-state index >= 15 is 0 Å². The second-order valence-corrected chi connectivity index (χ2v) is 5.09. The summed E-state index contributed by atoms with van der Waals surface area (Å²) in [5.74, 6) is -0.512. The minimum absolute atomic E-state index is 0.128. The van der Waals surface area contributed by atoms with E-state index < -0.39 is 0 Å². The molecule has 1 saturated heterocycles. The molecule has 1 amide bonds. The van der Waals surface area contributed by atoms with Crippen molar-refractivity contribution in [2.75, 3.05) is 19.6 Å². The number of carbonyl (C=O) groups is 1. The predicted molar refractivity (Wildman–Crippen MR) is 69.5 cm³/mol. The monoisotopic (exact) mass is 270 g/mol. The number of nitrogens with one attached hydrogen (secondary N) is 1. The summed E-state index contributed by atoms with van der Waals surface area (Å²) in [5, 5.41) is 3.44. The van der Waals surface area contributed by atoms with Crippen LogP contribution in [0.5, 0.6) is 0 Å². The molecule has 5 heteroatoms. The number of amides is 1. The maximum absolute atomic E-state index is 13.3. The summed E-state index contributed by atoms with van der Waals surface area (Å²) in [5.41, 5.74) is 0.815. The zero-order chi connectivity index (χ0) is 13.3. The molecule has 3 nitrogen and oxygen atoms in total. The molecule has 1 heterocycles. The molecule has 1 atom stereocenters. The Kier molecular flexibility index (Phi) is 3.88. The van der Waals surface area contributed by atoms with Gasteiger partial charge < -0.3 is 10.2 Å². The first kappa shape index (κ1) is 13.3. The van der Waals surface area contributed by atoms with E-state index in [1.54, 1.807) is 11.8 Å². The van der Waals surface area contributed by atoms with Crippen LogP contribution < -0.4 is 5.32 Å². The minimum atomic E-state index is -0.384. The van der Waals surface area contributed by atoms with Crippen LogP contribution in [0.1, 0.15) is 22.8 Å². The summed E-state index contributed by atoms with van der Waals surface area (Å²) >= 11 is 5.95. The van der Waals surface area contributed by atoms with Crippen molar-refractivity contribution in [3.05, 3.63) is 34.1 Å². The lowest BCUT2D eigenvalue weighted by atomic mass is 10.1. The molecule has 1 aromatic rings. The van der Waals surface area contributed by atoms with E-state index in [0.29, 0.717) is 24.2 Å². The standard InChI is InChI=1S/C13H16ClFN2O/c1-8-5-10(11(14)6-12(8)15)13(18)17-4-3-16-9(2)7-17/h5-6,9,16H,3-4,7H2,1-2H3/t9-/m1/s1. The summed E-state index contributed by atoms with van der Waals surface area (Å²) in [6, 6.07) is 2.99. The number of carbonyl (C=O) groups excluding carboxylic acids is 1. The van der Waals surface area contributed by atoms with Gasteiger partial charge in [0, 0.05) is 25.7 Å². The average molecular weight is 271 g/mol. The summed E-state index contributed by atoms with van der Waals surface area (Å²) in [6.45, 7) is 5.71. The van der Waals surface area contributed by atoms with Crippen molar-refractivity contribution < 1.29 is 9.18 Å². The smallest absolute Gasteiger partial charge is 0.255 e. The van der Waals surface area contributed by atoms with E-state index in [0.717, 1.165) is 6.54 Å². The Labute approximate surface area is 111 Å².